The Morgan fingerprint density at radius 1 is 1.06 bits per heavy atom. The van der Waals surface area contributed by atoms with Crippen LogP contribution in [0, 0.1) is 0 Å². The molecule has 3 heteroatoms. The zero-order valence-electron chi connectivity index (χ0n) is 10.1. The maximum atomic E-state index is 5.54. The lowest BCUT2D eigenvalue weighted by Gasteiger charge is -2.27. The fourth-order valence-electron chi connectivity index (χ4n) is 2.47. The molecule has 92 valence electrons. The zero-order chi connectivity index (χ0) is 12.4. The van der Waals surface area contributed by atoms with E-state index in [1.165, 1.54) is 28.8 Å². The number of fused-ring (bicyclic) bond motifs is 1. The van der Waals surface area contributed by atoms with E-state index in [0.29, 0.717) is 6.04 Å². The molecule has 0 saturated carbocycles. The van der Waals surface area contributed by atoms with Crippen molar-refractivity contribution in [1.29, 1.82) is 0 Å². The normalized spacial score (nSPS) is 17.9. The highest BCUT2D eigenvalue weighted by atomic mass is 32.2. The Hall–Kier alpha value is -1.45. The van der Waals surface area contributed by atoms with Crippen molar-refractivity contribution < 1.29 is 0 Å². The highest BCUT2D eigenvalue weighted by molar-refractivity contribution is 7.97. The number of nitrogens with two attached hydrogens (primary N) is 1. The molecule has 2 nitrogen and oxygen atoms in total. The number of anilines is 1. The van der Waals surface area contributed by atoms with Gasteiger partial charge in [-0.15, -0.1) is 0 Å². The minimum atomic E-state index is 0.414. The Bertz CT molecular complexity index is 536. The number of benzene rings is 2. The highest BCUT2D eigenvalue weighted by Gasteiger charge is 2.18. The van der Waals surface area contributed by atoms with Crippen LogP contribution in [0.1, 0.15) is 23.6 Å². The Kier molecular flexibility index (Phi) is 3.26. The first-order valence-corrected chi connectivity index (χ1v) is 7.06. The standard InChI is InChI=1S/C15H16N2S/c16-18-13-8-5-12(6-9-13)15-10-7-11-3-1-2-4-14(11)17-15/h1-6,8-9,15,17H,7,10,16H2. The number of para-hydroxylation sites is 1. The predicted molar refractivity (Wildman–Crippen MR) is 77.6 cm³/mol. The van der Waals surface area contributed by atoms with Crippen LogP contribution in [0.25, 0.3) is 0 Å². The van der Waals surface area contributed by atoms with Gasteiger partial charge in [0.05, 0.1) is 6.04 Å². The molecule has 1 unspecified atom stereocenters. The third-order valence-corrected chi connectivity index (χ3v) is 4.01. The Labute approximate surface area is 112 Å². The van der Waals surface area contributed by atoms with Crippen molar-refractivity contribution in [2.75, 3.05) is 5.32 Å². The molecule has 1 aliphatic heterocycles. The molecule has 0 amide bonds. The third-order valence-electron chi connectivity index (χ3n) is 3.47. The van der Waals surface area contributed by atoms with Gasteiger partial charge in [-0.1, -0.05) is 30.3 Å². The minimum absolute atomic E-state index is 0.414. The van der Waals surface area contributed by atoms with E-state index in [9.17, 15) is 0 Å². The Morgan fingerprint density at radius 2 is 1.83 bits per heavy atom. The molecule has 18 heavy (non-hydrogen) atoms. The van der Waals surface area contributed by atoms with Gasteiger partial charge in [0, 0.05) is 10.6 Å². The summed E-state index contributed by atoms with van der Waals surface area (Å²) in [6, 6.07) is 17.5. The van der Waals surface area contributed by atoms with E-state index in [1.807, 2.05) is 0 Å². The molecule has 0 fully saturated rings. The summed E-state index contributed by atoms with van der Waals surface area (Å²) < 4.78 is 0. The van der Waals surface area contributed by atoms with E-state index in [-0.39, 0.29) is 0 Å². The van der Waals surface area contributed by atoms with Crippen LogP contribution < -0.4 is 10.5 Å². The van der Waals surface area contributed by atoms with Crippen molar-refractivity contribution in [3.05, 3.63) is 59.7 Å². The number of rotatable bonds is 2. The van der Waals surface area contributed by atoms with Gasteiger partial charge in [0.1, 0.15) is 0 Å². The van der Waals surface area contributed by atoms with Crippen LogP contribution in [-0.4, -0.2) is 0 Å². The maximum absolute atomic E-state index is 5.54. The van der Waals surface area contributed by atoms with Gasteiger partial charge in [0.25, 0.3) is 0 Å². The second kappa shape index (κ2) is 5.04. The second-order valence-electron chi connectivity index (χ2n) is 4.58. The van der Waals surface area contributed by atoms with E-state index < -0.39 is 0 Å². The molecule has 0 radical (unpaired) electrons. The van der Waals surface area contributed by atoms with Crippen molar-refractivity contribution in [2.24, 2.45) is 5.14 Å². The monoisotopic (exact) mass is 256 g/mol. The lowest BCUT2D eigenvalue weighted by Crippen LogP contribution is -2.17. The van der Waals surface area contributed by atoms with Crippen molar-refractivity contribution >= 4 is 17.6 Å². The van der Waals surface area contributed by atoms with Gasteiger partial charge in [0.2, 0.25) is 0 Å². The molecule has 1 atom stereocenters. The number of nitrogens with one attached hydrogen (secondary N) is 1. The Balaban J connectivity index is 1.82. The van der Waals surface area contributed by atoms with E-state index in [2.05, 4.69) is 53.8 Å². The van der Waals surface area contributed by atoms with Crippen LogP contribution in [0.4, 0.5) is 5.69 Å². The SMILES string of the molecule is NSc1ccc(C2CCc3ccccc3N2)cc1. The molecule has 0 aliphatic carbocycles. The van der Waals surface area contributed by atoms with E-state index in [0.717, 1.165) is 17.7 Å². The molecule has 0 spiro atoms. The van der Waals surface area contributed by atoms with Crippen LogP contribution in [0.15, 0.2) is 53.4 Å². The molecule has 0 aromatic heterocycles. The molecule has 0 saturated heterocycles. The number of aryl methyl sites for hydroxylation is 1. The van der Waals surface area contributed by atoms with E-state index in [1.54, 1.807) is 0 Å². The maximum Gasteiger partial charge on any atom is 0.0517 e. The van der Waals surface area contributed by atoms with Crippen LogP contribution in [0.2, 0.25) is 0 Å². The fraction of sp³-hybridized carbons (Fsp3) is 0.200. The number of hydrogen-bond acceptors (Lipinski definition) is 3. The highest BCUT2D eigenvalue weighted by Crippen LogP contribution is 2.32. The van der Waals surface area contributed by atoms with Gasteiger partial charge in [-0.25, -0.2) is 0 Å². The summed E-state index contributed by atoms with van der Waals surface area (Å²) in [4.78, 5) is 1.11. The second-order valence-corrected chi connectivity index (χ2v) is 5.29. The summed E-state index contributed by atoms with van der Waals surface area (Å²) in [6.45, 7) is 0. The van der Waals surface area contributed by atoms with Gasteiger partial charge in [-0.2, -0.15) is 0 Å². The zero-order valence-corrected chi connectivity index (χ0v) is 10.9. The summed E-state index contributed by atoms with van der Waals surface area (Å²) in [5.74, 6) is 0. The third kappa shape index (κ3) is 2.24. The Morgan fingerprint density at radius 3 is 2.61 bits per heavy atom. The number of hydrogen-bond donors (Lipinski definition) is 2. The predicted octanol–water partition coefficient (Wildman–Crippen LogP) is 3.75. The first-order chi connectivity index (χ1) is 8.86. The average Bonchev–Trinajstić information content (AvgIpc) is 2.47. The lowest BCUT2D eigenvalue weighted by atomic mass is 9.93. The molecule has 1 heterocycles. The molecule has 2 aromatic carbocycles. The molecule has 3 rings (SSSR count). The fourth-order valence-corrected chi connectivity index (χ4v) is 2.76. The van der Waals surface area contributed by atoms with Gasteiger partial charge < -0.3 is 5.32 Å². The van der Waals surface area contributed by atoms with Crippen LogP contribution in [0.3, 0.4) is 0 Å². The summed E-state index contributed by atoms with van der Waals surface area (Å²) in [5.41, 5.74) is 4.02. The summed E-state index contributed by atoms with van der Waals surface area (Å²) in [5, 5.41) is 9.16. The molecule has 2 aromatic rings. The lowest BCUT2D eigenvalue weighted by molar-refractivity contribution is 0.667. The van der Waals surface area contributed by atoms with Gasteiger partial charge in [-0.05, 0) is 54.1 Å². The van der Waals surface area contributed by atoms with Gasteiger partial charge in [-0.3, -0.25) is 5.14 Å². The molecular formula is C15H16N2S. The largest absolute Gasteiger partial charge is 0.378 e. The topological polar surface area (TPSA) is 38.0 Å². The van der Waals surface area contributed by atoms with Gasteiger partial charge >= 0.3 is 0 Å². The summed E-state index contributed by atoms with van der Waals surface area (Å²) in [7, 11) is 0. The first kappa shape index (κ1) is 11.6. The van der Waals surface area contributed by atoms with Gasteiger partial charge in [0.15, 0.2) is 0 Å². The smallest absolute Gasteiger partial charge is 0.0517 e. The minimum Gasteiger partial charge on any atom is -0.378 e. The van der Waals surface area contributed by atoms with Crippen molar-refractivity contribution in [3.8, 4) is 0 Å². The molecule has 0 bridgehead atoms. The first-order valence-electron chi connectivity index (χ1n) is 6.18. The van der Waals surface area contributed by atoms with E-state index in [4.69, 9.17) is 5.14 Å². The molecule has 1 aliphatic rings. The van der Waals surface area contributed by atoms with Crippen LogP contribution >= 0.6 is 11.9 Å². The molecule has 3 N–H and O–H groups in total. The summed E-state index contributed by atoms with van der Waals surface area (Å²) in [6.07, 6.45) is 2.29. The van der Waals surface area contributed by atoms with Crippen LogP contribution in [0.5, 0.6) is 0 Å². The van der Waals surface area contributed by atoms with Crippen LogP contribution in [-0.2, 0) is 6.42 Å². The molecular weight excluding hydrogens is 240 g/mol. The quantitative estimate of drug-likeness (QED) is 0.804. The average molecular weight is 256 g/mol. The van der Waals surface area contributed by atoms with Crippen molar-refractivity contribution in [3.63, 3.8) is 0 Å². The van der Waals surface area contributed by atoms with Crippen molar-refractivity contribution in [1.82, 2.24) is 0 Å². The van der Waals surface area contributed by atoms with E-state index >= 15 is 0 Å². The summed E-state index contributed by atoms with van der Waals surface area (Å²) >= 11 is 1.29. The van der Waals surface area contributed by atoms with Crippen molar-refractivity contribution in [2.45, 2.75) is 23.8 Å².